The maximum atomic E-state index is 12.6. The summed E-state index contributed by atoms with van der Waals surface area (Å²) in [5.41, 5.74) is -0.718. The second-order valence-electron chi connectivity index (χ2n) is 6.13. The van der Waals surface area contributed by atoms with Gasteiger partial charge >= 0.3 is 0 Å². The molecular weight excluding hydrogens is 345 g/mol. The number of anilines is 1. The van der Waals surface area contributed by atoms with Gasteiger partial charge in [-0.05, 0) is 26.2 Å². The molecule has 1 aliphatic carbocycles. The van der Waals surface area contributed by atoms with Gasteiger partial charge in [0, 0.05) is 24.7 Å². The van der Waals surface area contributed by atoms with Crippen molar-refractivity contribution in [3.05, 3.63) is 11.6 Å². The Bertz CT molecular complexity index is 593. The van der Waals surface area contributed by atoms with E-state index in [1.165, 1.54) is 11.3 Å². The van der Waals surface area contributed by atoms with E-state index in [2.05, 4.69) is 10.3 Å². The molecule has 1 N–H and O–H groups in total. The zero-order chi connectivity index (χ0) is 16.0. The molecule has 0 spiro atoms. The van der Waals surface area contributed by atoms with Gasteiger partial charge in [-0.25, -0.2) is 4.98 Å². The van der Waals surface area contributed by atoms with Crippen molar-refractivity contribution in [1.29, 1.82) is 0 Å². The summed E-state index contributed by atoms with van der Waals surface area (Å²) in [6.45, 7) is 2.85. The second kappa shape index (κ2) is 5.65. The molecule has 2 atom stereocenters. The molecule has 1 saturated carbocycles. The standard InChI is InChI=1S/C14H17Cl2N3O2S/c1-13(8-14(13,15)16)11(21)19-5-2-3-9(7-19)10(20)18-12-17-4-6-22-12/h4,6,9H,2-3,5,7-8H2,1H3,(H,17,18,20). The lowest BCUT2D eigenvalue weighted by atomic mass is 9.95. The van der Waals surface area contributed by atoms with Crippen LogP contribution in [0.4, 0.5) is 5.13 Å². The Labute approximate surface area is 143 Å². The van der Waals surface area contributed by atoms with E-state index >= 15 is 0 Å². The van der Waals surface area contributed by atoms with Gasteiger partial charge < -0.3 is 10.2 Å². The number of alkyl halides is 2. The highest BCUT2D eigenvalue weighted by atomic mass is 35.5. The van der Waals surface area contributed by atoms with Crippen LogP contribution in [-0.2, 0) is 9.59 Å². The Kier molecular flexibility index (Phi) is 4.12. The second-order valence-corrected chi connectivity index (χ2v) is 8.51. The number of carbonyl (C=O) groups excluding carboxylic acids is 2. The van der Waals surface area contributed by atoms with Crippen molar-refractivity contribution in [2.24, 2.45) is 11.3 Å². The first-order chi connectivity index (χ1) is 10.3. The molecule has 120 valence electrons. The average Bonchev–Trinajstić information content (AvgIpc) is 2.84. The predicted octanol–water partition coefficient (Wildman–Crippen LogP) is 2.90. The molecule has 5 nitrogen and oxygen atoms in total. The molecule has 1 aliphatic heterocycles. The summed E-state index contributed by atoms with van der Waals surface area (Å²) in [6.07, 6.45) is 3.68. The smallest absolute Gasteiger partial charge is 0.231 e. The Hall–Kier alpha value is -0.850. The van der Waals surface area contributed by atoms with Gasteiger partial charge in [0.25, 0.3) is 0 Å². The number of nitrogens with one attached hydrogen (secondary N) is 1. The van der Waals surface area contributed by atoms with E-state index in [9.17, 15) is 9.59 Å². The van der Waals surface area contributed by atoms with Gasteiger partial charge in [-0.3, -0.25) is 9.59 Å². The number of hydrogen-bond acceptors (Lipinski definition) is 4. The first-order valence-corrected chi connectivity index (χ1v) is 8.85. The number of halogens is 2. The van der Waals surface area contributed by atoms with Crippen molar-refractivity contribution >= 4 is 51.5 Å². The predicted molar refractivity (Wildman–Crippen MR) is 87.2 cm³/mol. The minimum absolute atomic E-state index is 0.0516. The van der Waals surface area contributed by atoms with Gasteiger partial charge in [-0.15, -0.1) is 34.5 Å². The van der Waals surface area contributed by atoms with Gasteiger partial charge in [0.05, 0.1) is 11.3 Å². The molecule has 1 saturated heterocycles. The van der Waals surface area contributed by atoms with Gasteiger partial charge in [0.15, 0.2) is 5.13 Å². The van der Waals surface area contributed by atoms with Crippen LogP contribution in [0.2, 0.25) is 0 Å². The maximum Gasteiger partial charge on any atom is 0.231 e. The lowest BCUT2D eigenvalue weighted by Gasteiger charge is -2.34. The number of amides is 2. The first kappa shape index (κ1) is 16.0. The van der Waals surface area contributed by atoms with Crippen LogP contribution in [0.25, 0.3) is 0 Å². The number of likely N-dealkylation sites (tertiary alicyclic amines) is 1. The minimum atomic E-state index is -0.972. The summed E-state index contributed by atoms with van der Waals surface area (Å²) in [5, 5.41) is 5.19. The first-order valence-electron chi connectivity index (χ1n) is 7.21. The highest BCUT2D eigenvalue weighted by Gasteiger charge is 2.68. The molecule has 0 bridgehead atoms. The monoisotopic (exact) mass is 361 g/mol. The van der Waals surface area contributed by atoms with Crippen molar-refractivity contribution in [1.82, 2.24) is 9.88 Å². The zero-order valence-electron chi connectivity index (χ0n) is 12.1. The fourth-order valence-electron chi connectivity index (χ4n) is 2.85. The largest absolute Gasteiger partial charge is 0.341 e. The zero-order valence-corrected chi connectivity index (χ0v) is 14.5. The molecule has 0 aromatic carbocycles. The third-order valence-corrected chi connectivity index (χ3v) is 6.26. The number of rotatable bonds is 3. The van der Waals surface area contributed by atoms with Gasteiger partial charge in [-0.2, -0.15) is 0 Å². The van der Waals surface area contributed by atoms with Crippen molar-refractivity contribution < 1.29 is 9.59 Å². The van der Waals surface area contributed by atoms with Crippen LogP contribution in [0, 0.1) is 11.3 Å². The molecule has 3 rings (SSSR count). The lowest BCUT2D eigenvalue weighted by molar-refractivity contribution is -0.139. The van der Waals surface area contributed by atoms with E-state index in [0.29, 0.717) is 24.6 Å². The quantitative estimate of drug-likeness (QED) is 0.841. The van der Waals surface area contributed by atoms with Crippen LogP contribution in [-0.4, -0.2) is 39.1 Å². The molecule has 22 heavy (non-hydrogen) atoms. The molecule has 1 aromatic rings. The third-order valence-electron chi connectivity index (χ3n) is 4.47. The Morgan fingerprint density at radius 1 is 1.50 bits per heavy atom. The molecule has 2 heterocycles. The number of hydrogen-bond donors (Lipinski definition) is 1. The van der Waals surface area contributed by atoms with Crippen molar-refractivity contribution in [3.63, 3.8) is 0 Å². The van der Waals surface area contributed by atoms with Crippen LogP contribution in [0.15, 0.2) is 11.6 Å². The van der Waals surface area contributed by atoms with E-state index in [4.69, 9.17) is 23.2 Å². The summed E-state index contributed by atoms with van der Waals surface area (Å²) in [7, 11) is 0. The number of thiazole rings is 1. The van der Waals surface area contributed by atoms with Crippen molar-refractivity contribution in [2.75, 3.05) is 18.4 Å². The summed E-state index contributed by atoms with van der Waals surface area (Å²) in [6, 6.07) is 0. The molecule has 2 unspecified atom stereocenters. The van der Waals surface area contributed by atoms with Crippen molar-refractivity contribution in [3.8, 4) is 0 Å². The molecule has 8 heteroatoms. The van der Waals surface area contributed by atoms with E-state index in [1.807, 2.05) is 0 Å². The number of aromatic nitrogens is 1. The average molecular weight is 362 g/mol. The highest BCUT2D eigenvalue weighted by Crippen LogP contribution is 2.64. The summed E-state index contributed by atoms with van der Waals surface area (Å²) in [5.74, 6) is -0.357. The number of piperidine rings is 1. The Morgan fingerprint density at radius 2 is 2.23 bits per heavy atom. The molecule has 2 aliphatic rings. The van der Waals surface area contributed by atoms with E-state index in [1.54, 1.807) is 23.4 Å². The van der Waals surface area contributed by atoms with Crippen molar-refractivity contribution in [2.45, 2.75) is 30.5 Å². The van der Waals surface area contributed by atoms with Gasteiger partial charge in [0.2, 0.25) is 11.8 Å². The van der Waals surface area contributed by atoms with E-state index in [-0.39, 0.29) is 17.7 Å². The molecule has 2 fully saturated rings. The van der Waals surface area contributed by atoms with Crippen LogP contribution in [0.1, 0.15) is 26.2 Å². The Morgan fingerprint density at radius 3 is 2.82 bits per heavy atom. The third kappa shape index (κ3) is 2.84. The van der Waals surface area contributed by atoms with Gasteiger partial charge in [0.1, 0.15) is 4.33 Å². The molecule has 1 aromatic heterocycles. The van der Waals surface area contributed by atoms with Crippen LogP contribution >= 0.6 is 34.5 Å². The topological polar surface area (TPSA) is 62.3 Å². The Balaban J connectivity index is 1.62. The maximum absolute atomic E-state index is 12.6. The highest BCUT2D eigenvalue weighted by molar-refractivity contribution is 7.13. The molecule has 0 radical (unpaired) electrons. The number of nitrogens with zero attached hydrogens (tertiary/aromatic N) is 2. The normalized spacial score (nSPS) is 30.0. The lowest BCUT2D eigenvalue weighted by Crippen LogP contribution is -2.47. The molecular formula is C14H17Cl2N3O2S. The van der Waals surface area contributed by atoms with Crippen LogP contribution in [0.5, 0.6) is 0 Å². The fourth-order valence-corrected chi connectivity index (χ4v) is 4.08. The SMILES string of the molecule is CC1(C(=O)N2CCCC(C(=O)Nc3nccs3)C2)CC1(Cl)Cl. The minimum Gasteiger partial charge on any atom is -0.341 e. The van der Waals surface area contributed by atoms with E-state index in [0.717, 1.165) is 12.8 Å². The van der Waals surface area contributed by atoms with Crippen LogP contribution in [0.3, 0.4) is 0 Å². The fraction of sp³-hybridized carbons (Fsp3) is 0.643. The van der Waals surface area contributed by atoms with E-state index < -0.39 is 9.75 Å². The summed E-state index contributed by atoms with van der Waals surface area (Å²) < 4.78 is -0.972. The summed E-state index contributed by atoms with van der Waals surface area (Å²) >= 11 is 13.6. The number of carbonyl (C=O) groups is 2. The van der Waals surface area contributed by atoms with Gasteiger partial charge in [-0.1, -0.05) is 0 Å². The summed E-state index contributed by atoms with van der Waals surface area (Å²) in [4.78, 5) is 30.7. The van der Waals surface area contributed by atoms with Crippen LogP contribution < -0.4 is 5.32 Å². The molecule has 2 amide bonds.